The van der Waals surface area contributed by atoms with Crippen molar-refractivity contribution in [2.24, 2.45) is 5.92 Å². The number of carbonyl (C=O) groups is 2. The Morgan fingerprint density at radius 1 is 1.45 bits per heavy atom. The van der Waals surface area contributed by atoms with E-state index in [0.29, 0.717) is 32.4 Å². The number of methoxy groups -OCH3 is 1. The van der Waals surface area contributed by atoms with E-state index in [-0.39, 0.29) is 18.3 Å². The second-order valence-electron chi connectivity index (χ2n) is 5.13. The minimum atomic E-state index is -0.815. The number of carboxylic acids is 1. The zero-order valence-electron chi connectivity index (χ0n) is 12.3. The van der Waals surface area contributed by atoms with Crippen LogP contribution >= 0.6 is 28.3 Å². The minimum Gasteiger partial charge on any atom is -0.496 e. The maximum Gasteiger partial charge on any atom is 0.308 e. The van der Waals surface area contributed by atoms with Crippen LogP contribution < -0.4 is 4.74 Å². The molecule has 1 heterocycles. The van der Waals surface area contributed by atoms with Gasteiger partial charge in [-0.3, -0.25) is 9.59 Å². The van der Waals surface area contributed by atoms with E-state index in [1.165, 1.54) is 0 Å². The van der Waals surface area contributed by atoms with Crippen molar-refractivity contribution in [2.45, 2.75) is 19.3 Å². The highest BCUT2D eigenvalue weighted by atomic mass is 79.9. The number of halogens is 2. The number of benzene rings is 1. The van der Waals surface area contributed by atoms with Crippen molar-refractivity contribution >= 4 is 40.2 Å². The Morgan fingerprint density at radius 3 is 2.73 bits per heavy atom. The van der Waals surface area contributed by atoms with Gasteiger partial charge in [0.1, 0.15) is 5.75 Å². The van der Waals surface area contributed by atoms with Crippen LogP contribution in [0.5, 0.6) is 5.75 Å². The van der Waals surface area contributed by atoms with Gasteiger partial charge in [0.25, 0.3) is 0 Å². The predicted molar refractivity (Wildman–Crippen MR) is 88.6 cm³/mol. The summed E-state index contributed by atoms with van der Waals surface area (Å²) in [6.07, 6.45) is 1.58. The van der Waals surface area contributed by atoms with Gasteiger partial charge in [-0.05, 0) is 46.5 Å². The summed E-state index contributed by atoms with van der Waals surface area (Å²) in [5.74, 6) is -0.451. The summed E-state index contributed by atoms with van der Waals surface area (Å²) in [5.41, 5.74) is 1.05. The van der Waals surface area contributed by atoms with Crippen molar-refractivity contribution in [1.29, 1.82) is 0 Å². The van der Waals surface area contributed by atoms with Gasteiger partial charge in [-0.15, -0.1) is 12.4 Å². The van der Waals surface area contributed by atoms with Gasteiger partial charge in [-0.2, -0.15) is 0 Å². The van der Waals surface area contributed by atoms with Gasteiger partial charge in [0.15, 0.2) is 0 Å². The van der Waals surface area contributed by atoms with E-state index in [9.17, 15) is 9.59 Å². The quantitative estimate of drug-likeness (QED) is 0.837. The summed E-state index contributed by atoms with van der Waals surface area (Å²) >= 11 is 3.42. The maximum atomic E-state index is 12.1. The predicted octanol–water partition coefficient (Wildman–Crippen LogP) is 2.75. The Bertz CT molecular complexity index is 552. The molecule has 1 aromatic carbocycles. The van der Waals surface area contributed by atoms with Crippen LogP contribution in [0.2, 0.25) is 0 Å². The van der Waals surface area contributed by atoms with Crippen molar-refractivity contribution in [2.75, 3.05) is 20.2 Å². The molecule has 1 atom stereocenters. The summed E-state index contributed by atoms with van der Waals surface area (Å²) < 4.78 is 6.03. The molecule has 2 rings (SSSR count). The third-order valence-electron chi connectivity index (χ3n) is 3.73. The van der Waals surface area contributed by atoms with E-state index in [0.717, 1.165) is 15.8 Å². The number of hydrogen-bond donors (Lipinski definition) is 1. The van der Waals surface area contributed by atoms with Gasteiger partial charge in [0.05, 0.1) is 17.5 Å². The molecule has 1 fully saturated rings. The molecule has 0 aromatic heterocycles. The Kier molecular flexibility index (Phi) is 7.16. The Morgan fingerprint density at radius 2 is 2.18 bits per heavy atom. The molecule has 0 radical (unpaired) electrons. The molecular formula is C15H19BrClNO4. The molecule has 1 aliphatic heterocycles. The number of nitrogens with zero attached hydrogens (tertiary/aromatic N) is 1. The molecule has 1 aromatic rings. The van der Waals surface area contributed by atoms with Crippen molar-refractivity contribution in [3.8, 4) is 5.75 Å². The van der Waals surface area contributed by atoms with E-state index in [1.807, 2.05) is 18.2 Å². The summed E-state index contributed by atoms with van der Waals surface area (Å²) in [4.78, 5) is 24.6. The number of rotatable bonds is 5. The molecule has 1 saturated heterocycles. The monoisotopic (exact) mass is 391 g/mol. The van der Waals surface area contributed by atoms with Crippen molar-refractivity contribution in [3.05, 3.63) is 28.2 Å². The smallest absolute Gasteiger partial charge is 0.308 e. The van der Waals surface area contributed by atoms with Crippen molar-refractivity contribution in [1.82, 2.24) is 4.90 Å². The number of likely N-dealkylation sites (tertiary alicyclic amines) is 1. The summed E-state index contributed by atoms with van der Waals surface area (Å²) in [7, 11) is 1.61. The largest absolute Gasteiger partial charge is 0.496 e. The van der Waals surface area contributed by atoms with E-state index in [2.05, 4.69) is 15.9 Å². The van der Waals surface area contributed by atoms with Gasteiger partial charge in [-0.1, -0.05) is 6.07 Å². The number of ether oxygens (including phenoxy) is 1. The number of aliphatic carboxylic acids is 1. The molecule has 122 valence electrons. The molecule has 0 spiro atoms. The normalized spacial score (nSPS) is 17.0. The topological polar surface area (TPSA) is 66.8 Å². The summed E-state index contributed by atoms with van der Waals surface area (Å²) in [5, 5.41) is 8.95. The molecule has 22 heavy (non-hydrogen) atoms. The van der Waals surface area contributed by atoms with E-state index in [4.69, 9.17) is 9.84 Å². The van der Waals surface area contributed by atoms with Crippen molar-refractivity contribution < 1.29 is 19.4 Å². The van der Waals surface area contributed by atoms with Crippen LogP contribution in [-0.4, -0.2) is 42.1 Å². The molecule has 0 saturated carbocycles. The molecule has 1 aliphatic rings. The zero-order valence-corrected chi connectivity index (χ0v) is 14.7. The zero-order chi connectivity index (χ0) is 15.4. The van der Waals surface area contributed by atoms with Crippen LogP contribution in [0.4, 0.5) is 0 Å². The SMILES string of the molecule is COc1ccc(CCC(=O)N2CCC(C(=O)O)C2)cc1Br.Cl. The molecule has 5 nitrogen and oxygen atoms in total. The van der Waals surface area contributed by atoms with Gasteiger partial charge >= 0.3 is 5.97 Å². The lowest BCUT2D eigenvalue weighted by atomic mass is 10.1. The highest BCUT2D eigenvalue weighted by Gasteiger charge is 2.30. The standard InChI is InChI=1S/C15H18BrNO4.ClH/c1-21-13-4-2-10(8-12(13)16)3-5-14(18)17-7-6-11(9-17)15(19)20;/h2,4,8,11H,3,5-7,9H2,1H3,(H,19,20);1H. The Labute approximate surface area is 144 Å². The molecular weight excluding hydrogens is 374 g/mol. The minimum absolute atomic E-state index is 0. The van der Waals surface area contributed by atoms with Crippen molar-refractivity contribution in [3.63, 3.8) is 0 Å². The third-order valence-corrected chi connectivity index (χ3v) is 4.35. The lowest BCUT2D eigenvalue weighted by molar-refractivity contribution is -0.141. The second-order valence-corrected chi connectivity index (χ2v) is 5.99. The van der Waals surface area contributed by atoms with Crippen LogP contribution in [0.3, 0.4) is 0 Å². The lowest BCUT2D eigenvalue weighted by Crippen LogP contribution is -2.30. The third kappa shape index (κ3) is 4.61. The molecule has 0 bridgehead atoms. The fraction of sp³-hybridized carbons (Fsp3) is 0.467. The first kappa shape index (κ1) is 18.8. The number of carbonyl (C=O) groups excluding carboxylic acids is 1. The van der Waals surface area contributed by atoms with E-state index < -0.39 is 11.9 Å². The number of hydrogen-bond acceptors (Lipinski definition) is 3. The molecule has 0 aliphatic carbocycles. The first-order valence-corrected chi connectivity index (χ1v) is 7.63. The van der Waals surface area contributed by atoms with Crippen LogP contribution in [0.25, 0.3) is 0 Å². The average Bonchev–Trinajstić information content (AvgIpc) is 2.95. The van der Waals surface area contributed by atoms with Gasteiger partial charge < -0.3 is 14.7 Å². The number of carboxylic acid groups (broad SMARTS) is 1. The van der Waals surface area contributed by atoms with Crippen LogP contribution in [0.15, 0.2) is 22.7 Å². The Balaban J connectivity index is 0.00000242. The Hall–Kier alpha value is -1.27. The van der Waals surface area contributed by atoms with Crippen LogP contribution in [0.1, 0.15) is 18.4 Å². The molecule has 7 heteroatoms. The number of amides is 1. The van der Waals surface area contributed by atoms with Gasteiger partial charge in [0, 0.05) is 19.5 Å². The number of aryl methyl sites for hydroxylation is 1. The summed E-state index contributed by atoms with van der Waals surface area (Å²) in [6, 6.07) is 5.73. The first-order valence-electron chi connectivity index (χ1n) is 6.84. The molecule has 1 unspecified atom stereocenters. The maximum absolute atomic E-state index is 12.1. The first-order chi connectivity index (χ1) is 10.0. The highest BCUT2D eigenvalue weighted by molar-refractivity contribution is 9.10. The van der Waals surface area contributed by atoms with Crippen LogP contribution in [-0.2, 0) is 16.0 Å². The van der Waals surface area contributed by atoms with Crippen LogP contribution in [0, 0.1) is 5.92 Å². The molecule has 1 N–H and O–H groups in total. The summed E-state index contributed by atoms with van der Waals surface area (Å²) in [6.45, 7) is 0.878. The van der Waals surface area contributed by atoms with Gasteiger partial charge in [0.2, 0.25) is 5.91 Å². The lowest BCUT2D eigenvalue weighted by Gasteiger charge is -2.15. The fourth-order valence-electron chi connectivity index (χ4n) is 2.46. The average molecular weight is 393 g/mol. The van der Waals surface area contributed by atoms with Gasteiger partial charge in [-0.25, -0.2) is 0 Å². The van der Waals surface area contributed by atoms with E-state index in [1.54, 1.807) is 12.0 Å². The highest BCUT2D eigenvalue weighted by Crippen LogP contribution is 2.26. The van der Waals surface area contributed by atoms with E-state index >= 15 is 0 Å². The fourth-order valence-corrected chi connectivity index (χ4v) is 3.05. The second kappa shape index (κ2) is 8.39. The molecule has 1 amide bonds.